The van der Waals surface area contributed by atoms with E-state index in [4.69, 9.17) is 9.15 Å². The number of piperidine rings is 1. The SMILES string of the molecule is Cc1c(C)c2ccc(OCC(=O)NC3CC(C)(C)NC(C)(C)C3)c(C)c2oc1=O. The number of fused-ring (bicyclic) bond motifs is 1. The minimum atomic E-state index is -0.343. The predicted octanol–water partition coefficient (Wildman–Crippen LogP) is 3.52. The van der Waals surface area contributed by atoms with E-state index in [1.165, 1.54) is 0 Å². The summed E-state index contributed by atoms with van der Waals surface area (Å²) in [6, 6.07) is 3.80. The van der Waals surface area contributed by atoms with Crippen molar-refractivity contribution in [2.75, 3.05) is 6.61 Å². The van der Waals surface area contributed by atoms with E-state index in [9.17, 15) is 9.59 Å². The van der Waals surface area contributed by atoms with Gasteiger partial charge in [0.2, 0.25) is 0 Å². The van der Waals surface area contributed by atoms with Gasteiger partial charge in [0.15, 0.2) is 6.61 Å². The second-order valence-corrected chi connectivity index (χ2v) is 9.56. The first-order valence-corrected chi connectivity index (χ1v) is 10.1. The van der Waals surface area contributed by atoms with Gasteiger partial charge in [-0.1, -0.05) is 0 Å². The van der Waals surface area contributed by atoms with Crippen LogP contribution in [0.5, 0.6) is 5.75 Å². The molecule has 29 heavy (non-hydrogen) atoms. The van der Waals surface area contributed by atoms with Gasteiger partial charge in [-0.05, 0) is 79.0 Å². The van der Waals surface area contributed by atoms with Crippen molar-refractivity contribution in [2.24, 2.45) is 0 Å². The van der Waals surface area contributed by atoms with E-state index in [1.54, 1.807) is 6.92 Å². The zero-order valence-electron chi connectivity index (χ0n) is 18.5. The summed E-state index contributed by atoms with van der Waals surface area (Å²) in [5.74, 6) is 0.398. The molecule has 1 amide bonds. The topological polar surface area (TPSA) is 80.6 Å². The Kier molecular flexibility index (Phi) is 5.52. The van der Waals surface area contributed by atoms with Crippen LogP contribution in [-0.2, 0) is 4.79 Å². The predicted molar refractivity (Wildman–Crippen MR) is 115 cm³/mol. The maximum Gasteiger partial charge on any atom is 0.339 e. The van der Waals surface area contributed by atoms with Crippen molar-refractivity contribution < 1.29 is 13.9 Å². The van der Waals surface area contributed by atoms with Crippen molar-refractivity contribution >= 4 is 16.9 Å². The van der Waals surface area contributed by atoms with Gasteiger partial charge in [0.25, 0.3) is 5.91 Å². The highest BCUT2D eigenvalue weighted by Crippen LogP contribution is 2.30. The fraction of sp³-hybridized carbons (Fsp3) is 0.565. The van der Waals surface area contributed by atoms with Crippen LogP contribution in [0.15, 0.2) is 21.3 Å². The molecule has 0 saturated carbocycles. The zero-order chi connectivity index (χ0) is 21.6. The molecule has 0 spiro atoms. The van der Waals surface area contributed by atoms with Crippen molar-refractivity contribution in [3.05, 3.63) is 39.2 Å². The molecule has 158 valence electrons. The normalized spacial score (nSPS) is 18.6. The third-order valence-corrected chi connectivity index (χ3v) is 5.74. The number of nitrogens with one attached hydrogen (secondary N) is 2. The Bertz CT molecular complexity index is 988. The third kappa shape index (κ3) is 4.64. The summed E-state index contributed by atoms with van der Waals surface area (Å²) in [4.78, 5) is 24.5. The fourth-order valence-electron chi connectivity index (χ4n) is 4.62. The van der Waals surface area contributed by atoms with E-state index in [1.807, 2.05) is 26.0 Å². The van der Waals surface area contributed by atoms with Gasteiger partial charge in [-0.25, -0.2) is 4.79 Å². The maximum atomic E-state index is 12.5. The molecule has 1 aliphatic rings. The number of benzene rings is 1. The van der Waals surface area contributed by atoms with Crippen molar-refractivity contribution in [3.63, 3.8) is 0 Å². The van der Waals surface area contributed by atoms with Gasteiger partial charge in [0.05, 0.1) is 0 Å². The second kappa shape index (κ2) is 7.48. The van der Waals surface area contributed by atoms with Crippen LogP contribution in [0.2, 0.25) is 0 Å². The fourth-order valence-corrected chi connectivity index (χ4v) is 4.62. The zero-order valence-corrected chi connectivity index (χ0v) is 18.5. The molecule has 6 heteroatoms. The Hall–Kier alpha value is -2.34. The number of rotatable bonds is 4. The molecule has 2 aromatic rings. The Labute approximate surface area is 172 Å². The molecule has 0 atom stereocenters. The molecule has 2 N–H and O–H groups in total. The average molecular weight is 401 g/mol. The maximum absolute atomic E-state index is 12.5. The van der Waals surface area contributed by atoms with E-state index in [-0.39, 0.29) is 35.3 Å². The standard InChI is InChI=1S/C23H32N2O4/c1-13-14(2)21(27)29-20-15(3)18(9-8-17(13)20)28-12-19(26)24-16-10-22(4,5)25-23(6,7)11-16/h8-9,16,25H,10-12H2,1-7H3,(H,24,26). The summed E-state index contributed by atoms with van der Waals surface area (Å²) in [7, 11) is 0. The summed E-state index contributed by atoms with van der Waals surface area (Å²) < 4.78 is 11.2. The lowest BCUT2D eigenvalue weighted by molar-refractivity contribution is -0.124. The molecule has 0 radical (unpaired) electrons. The highest BCUT2D eigenvalue weighted by atomic mass is 16.5. The smallest absolute Gasteiger partial charge is 0.339 e. The number of ether oxygens (including phenoxy) is 1. The number of aryl methyl sites for hydroxylation is 2. The minimum Gasteiger partial charge on any atom is -0.483 e. The third-order valence-electron chi connectivity index (χ3n) is 5.74. The van der Waals surface area contributed by atoms with Crippen molar-refractivity contribution in [1.29, 1.82) is 0 Å². The van der Waals surface area contributed by atoms with E-state index in [2.05, 4.69) is 38.3 Å². The van der Waals surface area contributed by atoms with Gasteiger partial charge >= 0.3 is 5.63 Å². The van der Waals surface area contributed by atoms with Crippen molar-refractivity contribution in [1.82, 2.24) is 10.6 Å². The summed E-state index contributed by atoms with van der Waals surface area (Å²) >= 11 is 0. The van der Waals surface area contributed by atoms with Crippen LogP contribution in [0.4, 0.5) is 0 Å². The Balaban J connectivity index is 1.71. The molecule has 0 bridgehead atoms. The lowest BCUT2D eigenvalue weighted by Gasteiger charge is -2.46. The number of carbonyl (C=O) groups is 1. The van der Waals surface area contributed by atoms with Crippen LogP contribution in [-0.4, -0.2) is 29.6 Å². The molecule has 2 heterocycles. The van der Waals surface area contributed by atoms with Crippen molar-refractivity contribution in [2.45, 2.75) is 78.4 Å². The molecular formula is C23H32N2O4. The van der Waals surface area contributed by atoms with Crippen LogP contribution >= 0.6 is 0 Å². The highest BCUT2D eigenvalue weighted by Gasteiger charge is 2.38. The van der Waals surface area contributed by atoms with Crippen LogP contribution in [0.3, 0.4) is 0 Å². The molecule has 1 aromatic carbocycles. The largest absolute Gasteiger partial charge is 0.483 e. The van der Waals surface area contributed by atoms with Gasteiger partial charge < -0.3 is 19.8 Å². The Morgan fingerprint density at radius 3 is 2.34 bits per heavy atom. The quantitative estimate of drug-likeness (QED) is 0.768. The molecule has 3 rings (SSSR count). The summed E-state index contributed by atoms with van der Waals surface area (Å²) in [5, 5.41) is 7.60. The number of hydrogen-bond donors (Lipinski definition) is 2. The molecule has 6 nitrogen and oxygen atoms in total. The van der Waals surface area contributed by atoms with Gasteiger partial charge in [0, 0.05) is 33.6 Å². The number of hydrogen-bond acceptors (Lipinski definition) is 5. The molecule has 1 aliphatic heterocycles. The molecule has 0 aliphatic carbocycles. The molecule has 1 saturated heterocycles. The van der Waals surface area contributed by atoms with Crippen LogP contribution in [0.25, 0.3) is 11.0 Å². The number of amides is 1. The molecule has 0 unspecified atom stereocenters. The molecule has 1 aromatic heterocycles. The first kappa shape index (κ1) is 21.4. The Morgan fingerprint density at radius 1 is 1.10 bits per heavy atom. The monoisotopic (exact) mass is 400 g/mol. The summed E-state index contributed by atoms with van der Waals surface area (Å²) in [5.41, 5.74) is 2.32. The van der Waals surface area contributed by atoms with Gasteiger partial charge in [-0.2, -0.15) is 0 Å². The summed E-state index contributed by atoms with van der Waals surface area (Å²) in [6.45, 7) is 14.0. The van der Waals surface area contributed by atoms with E-state index >= 15 is 0 Å². The average Bonchev–Trinajstić information content (AvgIpc) is 2.57. The molecular weight excluding hydrogens is 368 g/mol. The van der Waals surface area contributed by atoms with Gasteiger partial charge in [-0.15, -0.1) is 0 Å². The van der Waals surface area contributed by atoms with E-state index in [0.717, 1.165) is 29.4 Å². The lowest BCUT2D eigenvalue weighted by Crippen LogP contribution is -2.62. The lowest BCUT2D eigenvalue weighted by atomic mass is 9.79. The van der Waals surface area contributed by atoms with Gasteiger partial charge in [0.1, 0.15) is 11.3 Å². The van der Waals surface area contributed by atoms with Crippen LogP contribution in [0, 0.1) is 20.8 Å². The summed E-state index contributed by atoms with van der Waals surface area (Å²) in [6.07, 6.45) is 1.72. The minimum absolute atomic E-state index is 0.0387. The molecule has 1 fully saturated rings. The Morgan fingerprint density at radius 2 is 1.72 bits per heavy atom. The highest BCUT2D eigenvalue weighted by molar-refractivity contribution is 5.85. The number of carbonyl (C=O) groups excluding carboxylic acids is 1. The van der Waals surface area contributed by atoms with Crippen LogP contribution in [0.1, 0.15) is 57.2 Å². The van der Waals surface area contributed by atoms with Crippen molar-refractivity contribution in [3.8, 4) is 5.75 Å². The first-order chi connectivity index (χ1) is 13.4. The van der Waals surface area contributed by atoms with E-state index < -0.39 is 0 Å². The first-order valence-electron chi connectivity index (χ1n) is 10.1. The van der Waals surface area contributed by atoms with E-state index in [0.29, 0.717) is 16.9 Å². The van der Waals surface area contributed by atoms with Gasteiger partial charge in [-0.3, -0.25) is 4.79 Å². The van der Waals surface area contributed by atoms with Crippen LogP contribution < -0.4 is 21.0 Å². The second-order valence-electron chi connectivity index (χ2n) is 9.56.